The Balaban J connectivity index is 1.42. The molecular formula is C28H34FN8O2+. The van der Waals surface area contributed by atoms with Crippen molar-refractivity contribution in [1.82, 2.24) is 14.9 Å². The Hall–Kier alpha value is -4.38. The molecular weight excluding hydrogens is 499 g/mol. The molecule has 0 aliphatic carbocycles. The normalized spacial score (nSPS) is 14.4. The predicted octanol–water partition coefficient (Wildman–Crippen LogP) is 4.03. The maximum absolute atomic E-state index is 14.3. The average Bonchev–Trinajstić information content (AvgIpc) is 3.24. The van der Waals surface area contributed by atoms with Crippen LogP contribution in [0.15, 0.2) is 48.7 Å². The summed E-state index contributed by atoms with van der Waals surface area (Å²) in [6, 6.07) is 12.7. The van der Waals surface area contributed by atoms with Crippen LogP contribution in [0.5, 0.6) is 5.75 Å². The summed E-state index contributed by atoms with van der Waals surface area (Å²) >= 11 is 0. The van der Waals surface area contributed by atoms with E-state index < -0.39 is 11.7 Å². The van der Waals surface area contributed by atoms with Crippen molar-refractivity contribution in [1.29, 1.82) is 0 Å². The molecule has 0 bridgehead atoms. The molecule has 1 fully saturated rings. The van der Waals surface area contributed by atoms with Crippen LogP contribution < -0.4 is 31.0 Å². The summed E-state index contributed by atoms with van der Waals surface area (Å²) in [5.41, 5.74) is 7.95. The van der Waals surface area contributed by atoms with Crippen LogP contribution in [0.3, 0.4) is 0 Å². The molecule has 0 saturated carbocycles. The quantitative estimate of drug-likeness (QED) is 0.269. The maximum Gasteiger partial charge on any atom is 0.351 e. The SMILES string of the molecule is COc1cc(N2CCCN(C(C)C)CC2)ccc1Nc1nc(Nc2cccc(F)c2C(N)=O)c2cc[nH]c2[nH+]1. The summed E-state index contributed by atoms with van der Waals surface area (Å²) in [5.74, 6) is -0.0686. The number of anilines is 5. The Labute approximate surface area is 226 Å². The standard InChI is InChI=1S/C28H33FN8O2/c1-17(2)36-12-5-13-37(15-14-36)18-8-9-21(23(16-18)39-3)33-28-34-26-19(10-11-31-26)27(35-28)32-22-7-4-6-20(29)24(22)25(30)38/h4,6-11,16-17H,5,12-15H2,1-3H3,(H2,30,38)(H3,31,32,33,34,35)/p+1. The third-order valence-corrected chi connectivity index (χ3v) is 7.05. The van der Waals surface area contributed by atoms with Gasteiger partial charge in [-0.3, -0.25) is 20.0 Å². The van der Waals surface area contributed by atoms with Crippen LogP contribution >= 0.6 is 0 Å². The van der Waals surface area contributed by atoms with Crippen molar-refractivity contribution in [3.8, 4) is 5.75 Å². The van der Waals surface area contributed by atoms with Crippen LogP contribution in [0.25, 0.3) is 11.0 Å². The lowest BCUT2D eigenvalue weighted by Crippen LogP contribution is -2.35. The minimum Gasteiger partial charge on any atom is -0.493 e. The molecule has 3 heterocycles. The molecule has 0 atom stereocenters. The van der Waals surface area contributed by atoms with Crippen LogP contribution in [0.2, 0.25) is 0 Å². The molecule has 6 N–H and O–H groups in total. The van der Waals surface area contributed by atoms with Crippen molar-refractivity contribution < 1.29 is 18.9 Å². The lowest BCUT2D eigenvalue weighted by Gasteiger charge is -2.26. The zero-order valence-corrected chi connectivity index (χ0v) is 22.3. The summed E-state index contributed by atoms with van der Waals surface area (Å²) in [6.45, 7) is 8.54. The highest BCUT2D eigenvalue weighted by atomic mass is 19.1. The minimum absolute atomic E-state index is 0.227. The second-order valence-corrected chi connectivity index (χ2v) is 9.83. The summed E-state index contributed by atoms with van der Waals surface area (Å²) in [7, 11) is 1.64. The van der Waals surface area contributed by atoms with Gasteiger partial charge in [-0.25, -0.2) is 9.37 Å². The number of carbonyl (C=O) groups excluding carboxylic acids is 1. The van der Waals surface area contributed by atoms with Gasteiger partial charge in [-0.15, -0.1) is 0 Å². The molecule has 1 saturated heterocycles. The van der Waals surface area contributed by atoms with Crippen molar-refractivity contribution in [2.24, 2.45) is 5.73 Å². The highest BCUT2D eigenvalue weighted by Gasteiger charge is 2.21. The van der Waals surface area contributed by atoms with Crippen molar-refractivity contribution in [2.75, 3.05) is 48.8 Å². The molecule has 1 amide bonds. The van der Waals surface area contributed by atoms with Gasteiger partial charge in [-0.1, -0.05) is 11.1 Å². The zero-order chi connectivity index (χ0) is 27.5. The van der Waals surface area contributed by atoms with Gasteiger partial charge in [0.1, 0.15) is 11.5 Å². The van der Waals surface area contributed by atoms with Gasteiger partial charge >= 0.3 is 5.95 Å². The van der Waals surface area contributed by atoms with E-state index in [9.17, 15) is 9.18 Å². The number of carbonyl (C=O) groups is 1. The van der Waals surface area contributed by atoms with Crippen molar-refractivity contribution in [2.45, 2.75) is 26.3 Å². The zero-order valence-electron chi connectivity index (χ0n) is 22.3. The third kappa shape index (κ3) is 5.58. The Morgan fingerprint density at radius 2 is 1.97 bits per heavy atom. The first-order chi connectivity index (χ1) is 18.8. The highest BCUT2D eigenvalue weighted by molar-refractivity contribution is 6.00. The van der Waals surface area contributed by atoms with Gasteiger partial charge in [-0.2, -0.15) is 0 Å². The number of amides is 1. The molecule has 0 unspecified atom stereocenters. The number of nitrogens with two attached hydrogens (primary N) is 1. The fourth-order valence-electron chi connectivity index (χ4n) is 4.97. The lowest BCUT2D eigenvalue weighted by atomic mass is 10.1. The molecule has 11 heteroatoms. The number of nitrogens with zero attached hydrogens (tertiary/aromatic N) is 3. The highest BCUT2D eigenvalue weighted by Crippen LogP contribution is 2.33. The van der Waals surface area contributed by atoms with E-state index in [2.05, 4.69) is 55.3 Å². The van der Waals surface area contributed by atoms with Crippen molar-refractivity contribution >= 4 is 45.8 Å². The first kappa shape index (κ1) is 26.2. The first-order valence-corrected chi connectivity index (χ1v) is 13.0. The van der Waals surface area contributed by atoms with Crippen molar-refractivity contribution in [3.63, 3.8) is 0 Å². The number of ether oxygens (including phenoxy) is 1. The number of nitrogens with one attached hydrogen (secondary N) is 4. The van der Waals surface area contributed by atoms with E-state index in [1.165, 1.54) is 12.1 Å². The Bertz CT molecular complexity index is 1490. The number of H-pyrrole nitrogens is 2. The number of methoxy groups -OCH3 is 1. The number of hydrogen-bond acceptors (Lipinski definition) is 7. The Kier molecular flexibility index (Phi) is 7.51. The number of benzene rings is 2. The number of rotatable bonds is 8. The molecule has 1 aliphatic heterocycles. The molecule has 39 heavy (non-hydrogen) atoms. The number of primary amides is 1. The lowest BCUT2D eigenvalue weighted by molar-refractivity contribution is -0.333. The fraction of sp³-hybridized carbons (Fsp3) is 0.321. The predicted molar refractivity (Wildman–Crippen MR) is 151 cm³/mol. The minimum atomic E-state index is -0.868. The summed E-state index contributed by atoms with van der Waals surface area (Å²) in [4.78, 5) is 27.8. The van der Waals surface area contributed by atoms with Crippen LogP contribution in [0.1, 0.15) is 30.6 Å². The van der Waals surface area contributed by atoms with Gasteiger partial charge in [0.05, 0.1) is 23.7 Å². The van der Waals surface area contributed by atoms with E-state index >= 15 is 0 Å². The van der Waals surface area contributed by atoms with Crippen LogP contribution in [0, 0.1) is 5.82 Å². The molecule has 2 aromatic heterocycles. The maximum atomic E-state index is 14.3. The second-order valence-electron chi connectivity index (χ2n) is 9.83. The smallest absolute Gasteiger partial charge is 0.351 e. The largest absolute Gasteiger partial charge is 0.493 e. The van der Waals surface area contributed by atoms with E-state index in [0.29, 0.717) is 29.2 Å². The third-order valence-electron chi connectivity index (χ3n) is 7.05. The van der Waals surface area contributed by atoms with Crippen molar-refractivity contribution in [3.05, 3.63) is 60.0 Å². The molecule has 0 spiro atoms. The molecule has 2 aromatic carbocycles. The Morgan fingerprint density at radius 1 is 1.13 bits per heavy atom. The van der Waals surface area contributed by atoms with Crippen LogP contribution in [-0.4, -0.2) is 60.1 Å². The summed E-state index contributed by atoms with van der Waals surface area (Å²) in [5, 5.41) is 7.10. The first-order valence-electron chi connectivity index (χ1n) is 13.0. The van der Waals surface area contributed by atoms with E-state index in [1.54, 1.807) is 19.4 Å². The molecule has 1 aliphatic rings. The number of aromatic nitrogens is 3. The fourth-order valence-corrected chi connectivity index (χ4v) is 4.97. The number of hydrogen-bond donors (Lipinski definition) is 4. The molecule has 5 rings (SSSR count). The van der Waals surface area contributed by atoms with Gasteiger partial charge in [0, 0.05) is 50.2 Å². The second kappa shape index (κ2) is 11.2. The van der Waals surface area contributed by atoms with E-state index in [0.717, 1.165) is 49.4 Å². The number of halogens is 1. The van der Waals surface area contributed by atoms with E-state index in [-0.39, 0.29) is 11.3 Å². The molecule has 0 radical (unpaired) electrons. The topological polar surface area (TPSA) is 126 Å². The monoisotopic (exact) mass is 533 g/mol. The summed E-state index contributed by atoms with van der Waals surface area (Å²) in [6.07, 6.45) is 2.86. The van der Waals surface area contributed by atoms with Gasteiger partial charge in [-0.05, 0) is 50.6 Å². The average molecular weight is 534 g/mol. The van der Waals surface area contributed by atoms with Crippen LogP contribution in [0.4, 0.5) is 33.2 Å². The summed E-state index contributed by atoms with van der Waals surface area (Å²) < 4.78 is 20.1. The van der Waals surface area contributed by atoms with Gasteiger partial charge in [0.15, 0.2) is 5.75 Å². The van der Waals surface area contributed by atoms with Crippen LogP contribution in [-0.2, 0) is 0 Å². The number of aromatic amines is 2. The Morgan fingerprint density at radius 3 is 2.74 bits per heavy atom. The number of fused-ring (bicyclic) bond motifs is 1. The van der Waals surface area contributed by atoms with Gasteiger partial charge in [0.2, 0.25) is 11.5 Å². The molecule has 204 valence electrons. The van der Waals surface area contributed by atoms with E-state index in [4.69, 9.17) is 10.5 Å². The van der Waals surface area contributed by atoms with E-state index in [1.807, 2.05) is 18.2 Å². The molecule has 4 aromatic rings. The van der Waals surface area contributed by atoms with Gasteiger partial charge < -0.3 is 20.7 Å². The van der Waals surface area contributed by atoms with Gasteiger partial charge in [0.25, 0.3) is 5.91 Å². The molecule has 10 nitrogen and oxygen atoms in total.